The summed E-state index contributed by atoms with van der Waals surface area (Å²) in [6, 6.07) is 41.6. The quantitative estimate of drug-likeness (QED) is 0.137. The van der Waals surface area contributed by atoms with Crippen LogP contribution in [0.15, 0.2) is 133 Å². The maximum atomic E-state index is 13.4. The summed E-state index contributed by atoms with van der Waals surface area (Å²) < 4.78 is 0. The Morgan fingerprint density at radius 2 is 0.880 bits per heavy atom. The molecule has 10 heteroatoms. The predicted molar refractivity (Wildman–Crippen MR) is 203 cm³/mol. The third-order valence-electron chi connectivity index (χ3n) is 9.33. The smallest absolute Gasteiger partial charge is 0.257 e. The van der Waals surface area contributed by atoms with E-state index >= 15 is 0 Å². The molecule has 2 heterocycles. The average molecular weight is 736 g/mol. The monoisotopic (exact) mass is 734 g/mol. The van der Waals surface area contributed by atoms with Gasteiger partial charge < -0.3 is 21.3 Å². The first kappa shape index (κ1) is 32.2. The molecule has 0 aromatic heterocycles. The van der Waals surface area contributed by atoms with Gasteiger partial charge in [0.05, 0.1) is 21.2 Å². The van der Waals surface area contributed by atoms with Crippen LogP contribution in [-0.2, 0) is 11.1 Å². The molecule has 6 nitrogen and oxygen atoms in total. The van der Waals surface area contributed by atoms with Gasteiger partial charge in [0.25, 0.3) is 11.8 Å². The van der Waals surface area contributed by atoms with E-state index in [1.165, 1.54) is 0 Å². The second-order valence-corrected chi connectivity index (χ2v) is 13.8. The number of carbonyl (C=O) groups is 2. The zero-order valence-corrected chi connectivity index (χ0v) is 29.1. The van der Waals surface area contributed by atoms with Crippen LogP contribution in [0.2, 0.25) is 20.1 Å². The lowest BCUT2D eigenvalue weighted by Crippen LogP contribution is -2.51. The van der Waals surface area contributed by atoms with Gasteiger partial charge >= 0.3 is 0 Å². The molecule has 0 radical (unpaired) electrons. The Morgan fingerprint density at radius 3 is 1.26 bits per heavy atom. The molecule has 50 heavy (non-hydrogen) atoms. The zero-order valence-electron chi connectivity index (χ0n) is 26.0. The molecule has 0 saturated carbocycles. The van der Waals surface area contributed by atoms with E-state index in [9.17, 15) is 9.59 Å². The molecule has 6 aromatic rings. The van der Waals surface area contributed by atoms with Crippen LogP contribution in [0, 0.1) is 0 Å². The molecule has 2 amide bonds. The molecule has 0 bridgehead atoms. The number of fused-ring (bicyclic) bond motifs is 5. The molecule has 2 atom stereocenters. The number of rotatable bonds is 6. The Balaban J connectivity index is 1.28. The van der Waals surface area contributed by atoms with Crippen LogP contribution in [0.3, 0.4) is 0 Å². The van der Waals surface area contributed by atoms with Crippen molar-refractivity contribution in [2.45, 2.75) is 11.1 Å². The van der Waals surface area contributed by atoms with Crippen molar-refractivity contribution in [1.29, 1.82) is 0 Å². The van der Waals surface area contributed by atoms with Crippen LogP contribution in [-0.4, -0.2) is 11.8 Å². The van der Waals surface area contributed by atoms with Crippen molar-refractivity contribution in [3.63, 3.8) is 0 Å². The minimum atomic E-state index is -0.895. The highest BCUT2D eigenvalue weighted by Crippen LogP contribution is 2.65. The summed E-state index contributed by atoms with van der Waals surface area (Å²) in [6.07, 6.45) is 0. The highest BCUT2D eigenvalue weighted by Gasteiger charge is 2.65. The van der Waals surface area contributed by atoms with E-state index in [4.69, 9.17) is 46.4 Å². The van der Waals surface area contributed by atoms with Crippen molar-refractivity contribution in [3.8, 4) is 0 Å². The normalized spacial score (nSPS) is 18.2. The van der Waals surface area contributed by atoms with Crippen LogP contribution < -0.4 is 21.3 Å². The minimum absolute atomic E-state index is 0.260. The summed E-state index contributed by atoms with van der Waals surface area (Å²) in [6.45, 7) is 0. The molecule has 0 fully saturated rings. The molecular formula is C40H26Cl4N4O2. The summed E-state index contributed by atoms with van der Waals surface area (Å²) >= 11 is 24.9. The first-order chi connectivity index (χ1) is 24.2. The molecular weight excluding hydrogens is 710 g/mol. The molecule has 0 unspecified atom stereocenters. The highest BCUT2D eigenvalue weighted by atomic mass is 35.5. The van der Waals surface area contributed by atoms with E-state index in [1.54, 1.807) is 36.4 Å². The van der Waals surface area contributed by atoms with Gasteiger partial charge in [-0.25, -0.2) is 0 Å². The minimum Gasteiger partial charge on any atom is -0.369 e. The topological polar surface area (TPSA) is 82.3 Å². The average Bonchev–Trinajstić information content (AvgIpc) is 3.56. The molecule has 2 aliphatic heterocycles. The Labute approximate surface area is 308 Å². The van der Waals surface area contributed by atoms with Gasteiger partial charge in [0.1, 0.15) is 11.1 Å². The first-order valence-electron chi connectivity index (χ1n) is 15.7. The van der Waals surface area contributed by atoms with Gasteiger partial charge in [0.2, 0.25) is 0 Å². The van der Waals surface area contributed by atoms with E-state index in [0.29, 0.717) is 32.5 Å². The summed E-state index contributed by atoms with van der Waals surface area (Å²) in [4.78, 5) is 26.9. The first-order valence-corrected chi connectivity index (χ1v) is 17.2. The van der Waals surface area contributed by atoms with Gasteiger partial charge in [-0.3, -0.25) is 9.59 Å². The van der Waals surface area contributed by atoms with Crippen LogP contribution in [0.25, 0.3) is 0 Å². The summed E-state index contributed by atoms with van der Waals surface area (Å²) in [5, 5.41) is 15.3. The maximum absolute atomic E-state index is 13.4. The van der Waals surface area contributed by atoms with E-state index < -0.39 is 11.1 Å². The van der Waals surface area contributed by atoms with Gasteiger partial charge in [0, 0.05) is 43.9 Å². The number of halogens is 4. The summed E-state index contributed by atoms with van der Waals surface area (Å²) in [5.41, 5.74) is 5.59. The Hall–Kier alpha value is -4.98. The second kappa shape index (κ2) is 12.4. The van der Waals surface area contributed by atoms with Gasteiger partial charge in [-0.05, 0) is 83.9 Å². The molecule has 6 aromatic carbocycles. The van der Waals surface area contributed by atoms with E-state index in [0.717, 1.165) is 33.6 Å². The predicted octanol–water partition coefficient (Wildman–Crippen LogP) is 10.8. The van der Waals surface area contributed by atoms with Crippen LogP contribution in [0.5, 0.6) is 0 Å². The third kappa shape index (κ3) is 5.10. The number of hydrogen-bond acceptors (Lipinski definition) is 4. The van der Waals surface area contributed by atoms with Crippen LogP contribution in [0.4, 0.5) is 22.7 Å². The molecule has 0 spiro atoms. The van der Waals surface area contributed by atoms with E-state index in [-0.39, 0.29) is 21.9 Å². The lowest BCUT2D eigenvalue weighted by molar-refractivity contribution is 0.101. The number of carbonyl (C=O) groups excluding carboxylic acids is 2. The van der Waals surface area contributed by atoms with Crippen molar-refractivity contribution in [2.24, 2.45) is 0 Å². The molecule has 2 aliphatic rings. The summed E-state index contributed by atoms with van der Waals surface area (Å²) in [5.74, 6) is -0.714. The summed E-state index contributed by atoms with van der Waals surface area (Å²) in [7, 11) is 0. The SMILES string of the molecule is O=C(Nc1ccc2c(c1)[C@@]1(c3ccccc3)Nc3ccc(NC(=O)c4ccc(Cl)cc4Cl)cc3[C@@]1(c1ccccc1)N2)c1ccc(Cl)cc1Cl. The number of nitrogens with one attached hydrogen (secondary N) is 4. The lowest BCUT2D eigenvalue weighted by atomic mass is 9.66. The van der Waals surface area contributed by atoms with Gasteiger partial charge in [0.15, 0.2) is 0 Å². The Morgan fingerprint density at radius 1 is 0.480 bits per heavy atom. The standard InChI is InChI=1S/C40H26Cl4N4O2/c41-25-11-15-29(33(43)19-25)37(49)45-27-13-17-35-31(21-27)39(23-7-3-1-4-8-23)40(48-35,24-9-5-2-6-10-24)32-22-28(14-18-36(32)47-39)46-38(50)30-16-12-26(42)20-34(30)44/h1-22,47-48H,(H,45,49)(H,46,50)/t39-,40-/m1/s1. The van der Waals surface area contributed by atoms with Crippen LogP contribution >= 0.6 is 46.4 Å². The zero-order chi connectivity index (χ0) is 34.6. The van der Waals surface area contributed by atoms with Crippen molar-refractivity contribution in [3.05, 3.63) is 187 Å². The van der Waals surface area contributed by atoms with E-state index in [1.807, 2.05) is 72.8 Å². The Kier molecular flexibility index (Phi) is 8.00. The van der Waals surface area contributed by atoms with Crippen molar-refractivity contribution < 1.29 is 9.59 Å². The number of anilines is 4. The fraction of sp³-hybridized carbons (Fsp3) is 0.0500. The van der Waals surface area contributed by atoms with E-state index in [2.05, 4.69) is 45.5 Å². The lowest BCUT2D eigenvalue weighted by Gasteiger charge is -2.42. The number of benzene rings is 6. The van der Waals surface area contributed by atoms with Crippen LogP contribution in [0.1, 0.15) is 43.0 Å². The number of amides is 2. The molecule has 246 valence electrons. The number of hydrogen-bond donors (Lipinski definition) is 4. The molecule has 0 aliphatic carbocycles. The fourth-order valence-corrected chi connectivity index (χ4v) is 8.21. The third-order valence-corrected chi connectivity index (χ3v) is 10.4. The van der Waals surface area contributed by atoms with Gasteiger partial charge in [-0.15, -0.1) is 0 Å². The van der Waals surface area contributed by atoms with Gasteiger partial charge in [-0.1, -0.05) is 107 Å². The molecule has 4 N–H and O–H groups in total. The van der Waals surface area contributed by atoms with Crippen molar-refractivity contribution >= 4 is 81.0 Å². The Bertz CT molecular complexity index is 2170. The largest absolute Gasteiger partial charge is 0.369 e. The maximum Gasteiger partial charge on any atom is 0.257 e. The van der Waals surface area contributed by atoms with Gasteiger partial charge in [-0.2, -0.15) is 0 Å². The van der Waals surface area contributed by atoms with Crippen molar-refractivity contribution in [1.82, 2.24) is 0 Å². The second-order valence-electron chi connectivity index (χ2n) is 12.2. The highest BCUT2D eigenvalue weighted by molar-refractivity contribution is 6.38. The van der Waals surface area contributed by atoms with Crippen molar-refractivity contribution in [2.75, 3.05) is 21.3 Å². The fourth-order valence-electron chi connectivity index (χ4n) is 7.22. The molecule has 8 rings (SSSR count). The molecule has 0 saturated heterocycles.